The zero-order valence-corrected chi connectivity index (χ0v) is 24.9. The Bertz CT molecular complexity index is 1580. The van der Waals surface area contributed by atoms with E-state index in [0.717, 1.165) is 34.0 Å². The summed E-state index contributed by atoms with van der Waals surface area (Å²) in [4.78, 5) is 21.5. The van der Waals surface area contributed by atoms with Gasteiger partial charge in [0, 0.05) is 15.5 Å². The molecule has 0 saturated heterocycles. The van der Waals surface area contributed by atoms with Gasteiger partial charge in [0.25, 0.3) is 0 Å². The van der Waals surface area contributed by atoms with Gasteiger partial charge in [0.05, 0.1) is 5.30 Å². The number of halogens is 1. The highest BCUT2D eigenvalue weighted by atomic mass is 79.9. The minimum Gasteiger partial charge on any atom is -0.321 e. The lowest BCUT2D eigenvalue weighted by atomic mass is 9.72. The van der Waals surface area contributed by atoms with Crippen molar-refractivity contribution in [1.29, 1.82) is 0 Å². The molecular weight excluding hydrogens is 579 g/mol. The summed E-state index contributed by atoms with van der Waals surface area (Å²) in [5.74, 6) is 0. The van der Waals surface area contributed by atoms with Gasteiger partial charge < -0.3 is 9.79 Å². The van der Waals surface area contributed by atoms with Crippen molar-refractivity contribution < 1.29 is 14.4 Å². The highest BCUT2D eigenvalue weighted by Crippen LogP contribution is 2.46. The van der Waals surface area contributed by atoms with E-state index < -0.39 is 7.60 Å². The average Bonchev–Trinajstić information content (AvgIpc) is 2.98. The molecule has 5 aromatic carbocycles. The molecule has 0 heterocycles. The smallest absolute Gasteiger partial charge is 0.321 e. The summed E-state index contributed by atoms with van der Waals surface area (Å²) in [7, 11) is -4.65. The third-order valence-corrected chi connectivity index (χ3v) is 9.47. The van der Waals surface area contributed by atoms with Crippen molar-refractivity contribution in [2.24, 2.45) is 0 Å². The van der Waals surface area contributed by atoms with Gasteiger partial charge in [-0.05, 0) is 58.7 Å². The first-order valence-electron chi connectivity index (χ1n) is 13.4. The summed E-state index contributed by atoms with van der Waals surface area (Å²) in [6, 6.07) is 42.0. The number of hydrogen-bond donors (Lipinski definition) is 2. The molecule has 5 rings (SSSR count). The molecule has 40 heavy (non-hydrogen) atoms. The Hall–Kier alpha value is -3.27. The zero-order valence-electron chi connectivity index (χ0n) is 22.4. The van der Waals surface area contributed by atoms with Crippen LogP contribution in [0.1, 0.15) is 36.5 Å². The quantitative estimate of drug-likeness (QED) is 0.164. The minimum absolute atomic E-state index is 0.0805. The molecule has 5 aromatic rings. The molecule has 0 saturated carbocycles. The van der Waals surface area contributed by atoms with E-state index in [-0.39, 0.29) is 10.7 Å². The molecule has 0 aliphatic heterocycles. The van der Waals surface area contributed by atoms with Gasteiger partial charge in [-0.15, -0.1) is 0 Å². The van der Waals surface area contributed by atoms with Gasteiger partial charge in [0.15, 0.2) is 0 Å². The van der Waals surface area contributed by atoms with Gasteiger partial charge in [-0.3, -0.25) is 4.57 Å². The third kappa shape index (κ3) is 5.92. The summed E-state index contributed by atoms with van der Waals surface area (Å²) < 4.78 is 14.0. The van der Waals surface area contributed by atoms with Crippen LogP contribution < -0.4 is 5.30 Å². The van der Waals surface area contributed by atoms with Crippen molar-refractivity contribution in [3.8, 4) is 22.3 Å². The fourth-order valence-electron chi connectivity index (χ4n) is 5.67. The molecule has 0 aromatic heterocycles. The molecule has 0 aliphatic rings. The normalized spacial score (nSPS) is 11.9. The van der Waals surface area contributed by atoms with Crippen LogP contribution in [-0.4, -0.2) is 9.79 Å². The largest absolute Gasteiger partial charge is 0.357 e. The maximum atomic E-state index is 13.2. The Kier molecular flexibility index (Phi) is 8.54. The van der Waals surface area contributed by atoms with E-state index in [9.17, 15) is 14.4 Å². The average molecular weight is 612 g/mol. The molecule has 0 amide bonds. The molecule has 202 valence electrons. The van der Waals surface area contributed by atoms with Crippen LogP contribution in [0.5, 0.6) is 0 Å². The molecular formula is C35H32BrO3P. The summed E-state index contributed by atoms with van der Waals surface area (Å²) in [6.07, 6.45) is 2.35. The van der Waals surface area contributed by atoms with Crippen LogP contribution in [0.4, 0.5) is 0 Å². The zero-order chi connectivity index (χ0) is 28.2. The van der Waals surface area contributed by atoms with Gasteiger partial charge in [-0.2, -0.15) is 0 Å². The second-order valence-electron chi connectivity index (χ2n) is 10.3. The van der Waals surface area contributed by atoms with Crippen LogP contribution in [-0.2, 0) is 16.4 Å². The van der Waals surface area contributed by atoms with Crippen molar-refractivity contribution >= 4 is 28.8 Å². The van der Waals surface area contributed by atoms with Gasteiger partial charge in [-0.1, -0.05) is 144 Å². The van der Waals surface area contributed by atoms with Gasteiger partial charge in [0.2, 0.25) is 0 Å². The van der Waals surface area contributed by atoms with E-state index in [2.05, 4.69) is 71.4 Å². The SMILES string of the molecule is CC(CCCc1c(Br)cc(-c2ccccc2)c(P(=O)(O)O)c1-c1ccccc1)(c1ccccc1)c1ccccc1. The molecule has 0 spiro atoms. The number of hydrogen-bond acceptors (Lipinski definition) is 1. The molecule has 0 bridgehead atoms. The Balaban J connectivity index is 1.61. The summed E-state index contributed by atoms with van der Waals surface area (Å²) in [5, 5.41) is 0.0805. The summed E-state index contributed by atoms with van der Waals surface area (Å²) in [5.41, 5.74) is 5.92. The van der Waals surface area contributed by atoms with E-state index in [4.69, 9.17) is 0 Å². The van der Waals surface area contributed by atoms with E-state index in [1.165, 1.54) is 11.1 Å². The molecule has 0 aliphatic carbocycles. The molecule has 0 fully saturated rings. The molecule has 0 atom stereocenters. The lowest BCUT2D eigenvalue weighted by Gasteiger charge is -2.31. The van der Waals surface area contributed by atoms with E-state index >= 15 is 0 Å². The standard InChI is InChI=1S/C35H32BrO3P/c1-35(28-19-10-4-11-20-28,29-21-12-5-13-22-29)24-14-23-30-32(36)25-31(26-15-6-2-7-16-26)34(40(37,38)39)33(30)27-17-8-3-9-18-27/h2-13,15-22,25H,14,23-24H2,1H3,(H2,37,38,39). The number of rotatable bonds is 9. The van der Waals surface area contributed by atoms with Crippen molar-refractivity contribution in [2.75, 3.05) is 0 Å². The first-order chi connectivity index (χ1) is 19.3. The third-order valence-electron chi connectivity index (χ3n) is 7.72. The summed E-state index contributed by atoms with van der Waals surface area (Å²) >= 11 is 3.81. The van der Waals surface area contributed by atoms with Gasteiger partial charge in [-0.25, -0.2) is 0 Å². The van der Waals surface area contributed by atoms with Crippen LogP contribution in [0.2, 0.25) is 0 Å². The van der Waals surface area contributed by atoms with Crippen molar-refractivity contribution in [3.63, 3.8) is 0 Å². The van der Waals surface area contributed by atoms with Gasteiger partial charge >= 0.3 is 7.60 Å². The topological polar surface area (TPSA) is 57.5 Å². The fourth-order valence-corrected chi connectivity index (χ4v) is 7.35. The van der Waals surface area contributed by atoms with E-state index in [1.54, 1.807) is 0 Å². The predicted octanol–water partition coefficient (Wildman–Crippen LogP) is 8.92. The van der Waals surface area contributed by atoms with Crippen LogP contribution in [0.3, 0.4) is 0 Å². The maximum absolute atomic E-state index is 13.2. The Morgan fingerprint density at radius 1 is 0.700 bits per heavy atom. The van der Waals surface area contributed by atoms with Crippen molar-refractivity contribution in [2.45, 2.75) is 31.6 Å². The van der Waals surface area contributed by atoms with Crippen LogP contribution in [0.25, 0.3) is 22.3 Å². The van der Waals surface area contributed by atoms with Crippen LogP contribution in [0, 0.1) is 0 Å². The first kappa shape index (κ1) is 28.3. The van der Waals surface area contributed by atoms with E-state index in [1.807, 2.05) is 78.9 Å². The lowest BCUT2D eigenvalue weighted by Crippen LogP contribution is -2.24. The van der Waals surface area contributed by atoms with Gasteiger partial charge in [0.1, 0.15) is 0 Å². The second-order valence-corrected chi connectivity index (χ2v) is 12.7. The highest BCUT2D eigenvalue weighted by molar-refractivity contribution is 9.10. The first-order valence-corrected chi connectivity index (χ1v) is 15.8. The van der Waals surface area contributed by atoms with E-state index in [0.29, 0.717) is 17.5 Å². The number of benzene rings is 5. The van der Waals surface area contributed by atoms with Crippen LogP contribution in [0.15, 0.2) is 132 Å². The van der Waals surface area contributed by atoms with Crippen molar-refractivity contribution in [1.82, 2.24) is 0 Å². The molecule has 0 unspecified atom stereocenters. The Labute approximate surface area is 244 Å². The Morgan fingerprint density at radius 2 is 1.15 bits per heavy atom. The van der Waals surface area contributed by atoms with Crippen LogP contribution >= 0.6 is 23.5 Å². The van der Waals surface area contributed by atoms with Crippen molar-refractivity contribution in [3.05, 3.63) is 149 Å². The Morgan fingerprint density at radius 3 is 1.62 bits per heavy atom. The molecule has 3 nitrogen and oxygen atoms in total. The molecule has 0 radical (unpaired) electrons. The molecule has 5 heteroatoms. The minimum atomic E-state index is -4.65. The maximum Gasteiger partial charge on any atom is 0.357 e. The predicted molar refractivity (Wildman–Crippen MR) is 169 cm³/mol. The summed E-state index contributed by atoms with van der Waals surface area (Å²) in [6.45, 7) is 2.28. The molecule has 2 N–H and O–H groups in total. The fraction of sp³-hybridized carbons (Fsp3) is 0.143. The highest BCUT2D eigenvalue weighted by Gasteiger charge is 2.32. The lowest BCUT2D eigenvalue weighted by molar-refractivity contribution is 0.387. The second kappa shape index (κ2) is 12.1. The monoisotopic (exact) mass is 610 g/mol.